The molecule has 1 unspecified atom stereocenters. The van der Waals surface area contributed by atoms with E-state index in [0.717, 1.165) is 0 Å². The Bertz CT molecular complexity index is 281. The van der Waals surface area contributed by atoms with E-state index in [9.17, 15) is 4.79 Å². The highest BCUT2D eigenvalue weighted by Crippen LogP contribution is 2.12. The summed E-state index contributed by atoms with van der Waals surface area (Å²) in [6, 6.07) is 5.74. The lowest BCUT2D eigenvalue weighted by molar-refractivity contribution is -0.120. The first-order chi connectivity index (χ1) is 5.61. The fraction of sp³-hybridized carbons (Fsp3) is 0.125. The Hall–Kier alpha value is -1.55. The quantitative estimate of drug-likeness (QED) is 0.606. The Morgan fingerprint density at radius 3 is 2.25 bits per heavy atom. The molecule has 0 saturated carbocycles. The van der Waals surface area contributed by atoms with Crippen molar-refractivity contribution >= 4 is 11.6 Å². The van der Waals surface area contributed by atoms with E-state index in [1.165, 1.54) is 0 Å². The van der Waals surface area contributed by atoms with E-state index in [2.05, 4.69) is 0 Å². The summed E-state index contributed by atoms with van der Waals surface area (Å²) in [5.74, 6) is -0.792. The first-order valence-electron chi connectivity index (χ1n) is 3.47. The maximum atomic E-state index is 10.5. The highest BCUT2D eigenvalue weighted by Gasteiger charge is 2.11. The minimum atomic E-state index is -0.856. The number of carbonyl (C=O) groups is 1. The lowest BCUT2D eigenvalue weighted by Crippen LogP contribution is -2.21. The van der Waals surface area contributed by atoms with Gasteiger partial charge in [0.1, 0.15) is 6.04 Å². The summed E-state index contributed by atoms with van der Waals surface area (Å²) in [6.07, 6.45) is 0. The van der Waals surface area contributed by atoms with E-state index in [-0.39, 0.29) is 0 Å². The monoisotopic (exact) mass is 164 g/mol. The van der Waals surface area contributed by atoms with Crippen molar-refractivity contribution in [1.29, 1.82) is 0 Å². The maximum Gasteiger partial charge on any atom is 0.259 e. The molecule has 4 nitrogen and oxygen atoms in total. The molecule has 0 aliphatic carbocycles. The number of nitrogens with one attached hydrogen (secondary N) is 1. The zero-order valence-electron chi connectivity index (χ0n) is 6.45. The molecule has 63 valence electrons. The van der Waals surface area contributed by atoms with Crippen LogP contribution in [0.2, 0.25) is 0 Å². The van der Waals surface area contributed by atoms with Crippen molar-refractivity contribution in [1.82, 2.24) is 5.73 Å². The molecule has 12 heavy (non-hydrogen) atoms. The van der Waals surface area contributed by atoms with Crippen LogP contribution in [0.5, 0.6) is 0 Å². The zero-order valence-corrected chi connectivity index (χ0v) is 6.45. The van der Waals surface area contributed by atoms with Gasteiger partial charge in [0.05, 0.1) is 0 Å². The smallest absolute Gasteiger partial charge is 0.259 e. The molecule has 0 aliphatic rings. The summed E-state index contributed by atoms with van der Waals surface area (Å²) in [5.41, 5.74) is 18.8. The molecule has 1 aromatic rings. The normalized spacial score (nSPS) is 12.4. The number of nitrogen functional groups attached to an aromatic ring is 1. The minimum absolute atomic E-state index is 0.614. The van der Waals surface area contributed by atoms with Crippen LogP contribution in [-0.2, 0) is 4.79 Å². The van der Waals surface area contributed by atoms with Gasteiger partial charge in [0, 0.05) is 5.69 Å². The molecule has 4 heteroatoms. The first kappa shape index (κ1) is 8.55. The lowest BCUT2D eigenvalue weighted by Gasteiger charge is -2.06. The van der Waals surface area contributed by atoms with Gasteiger partial charge in [0.15, 0.2) is 0 Å². The van der Waals surface area contributed by atoms with Gasteiger partial charge in [-0.1, -0.05) is 12.1 Å². The highest BCUT2D eigenvalue weighted by molar-refractivity contribution is 5.80. The second kappa shape index (κ2) is 3.23. The number of hydrogen-bond acceptors (Lipinski definition) is 3. The molecule has 1 rings (SSSR count). The van der Waals surface area contributed by atoms with Crippen molar-refractivity contribution in [2.45, 2.75) is 6.04 Å². The van der Waals surface area contributed by atoms with Crippen molar-refractivity contribution in [2.24, 2.45) is 5.73 Å². The number of amides is 1. The van der Waals surface area contributed by atoms with Gasteiger partial charge in [-0.25, -0.2) is 0 Å². The SMILES string of the molecule is [NH]C(=O)C(N)c1ccc(N)cc1. The van der Waals surface area contributed by atoms with E-state index in [4.69, 9.17) is 17.2 Å². The van der Waals surface area contributed by atoms with Crippen LogP contribution in [0.1, 0.15) is 11.6 Å². The van der Waals surface area contributed by atoms with Crippen LogP contribution in [0.4, 0.5) is 5.69 Å². The van der Waals surface area contributed by atoms with Crippen molar-refractivity contribution in [3.05, 3.63) is 29.8 Å². The van der Waals surface area contributed by atoms with Gasteiger partial charge < -0.3 is 11.5 Å². The molecule has 0 fully saturated rings. The molecule has 0 aromatic heterocycles. The Morgan fingerprint density at radius 1 is 1.33 bits per heavy atom. The third-order valence-electron chi connectivity index (χ3n) is 1.58. The van der Waals surface area contributed by atoms with Gasteiger partial charge in [-0.15, -0.1) is 0 Å². The van der Waals surface area contributed by atoms with Gasteiger partial charge in [-0.05, 0) is 17.7 Å². The van der Waals surface area contributed by atoms with Crippen LogP contribution in [0.3, 0.4) is 0 Å². The highest BCUT2D eigenvalue weighted by atomic mass is 16.1. The van der Waals surface area contributed by atoms with Gasteiger partial charge in [-0.3, -0.25) is 10.5 Å². The summed E-state index contributed by atoms with van der Waals surface area (Å²) in [6.45, 7) is 0. The van der Waals surface area contributed by atoms with Crippen LogP contribution in [0.25, 0.3) is 0 Å². The number of anilines is 1. The number of carbonyl (C=O) groups excluding carboxylic acids is 1. The second-order valence-electron chi connectivity index (χ2n) is 2.51. The van der Waals surface area contributed by atoms with Crippen LogP contribution in [0.15, 0.2) is 24.3 Å². The Morgan fingerprint density at radius 2 is 1.83 bits per heavy atom. The minimum Gasteiger partial charge on any atom is -0.399 e. The summed E-state index contributed by atoms with van der Waals surface area (Å²) < 4.78 is 0. The summed E-state index contributed by atoms with van der Waals surface area (Å²) >= 11 is 0. The summed E-state index contributed by atoms with van der Waals surface area (Å²) in [4.78, 5) is 10.5. The third-order valence-corrected chi connectivity index (χ3v) is 1.58. The largest absolute Gasteiger partial charge is 0.399 e. The van der Waals surface area contributed by atoms with Gasteiger partial charge in [0.2, 0.25) is 0 Å². The molecule has 1 atom stereocenters. The van der Waals surface area contributed by atoms with Crippen molar-refractivity contribution in [3.8, 4) is 0 Å². The molecule has 0 bridgehead atoms. The molecule has 0 aliphatic heterocycles. The molecule has 1 amide bonds. The molecular weight excluding hydrogens is 154 g/mol. The summed E-state index contributed by atoms with van der Waals surface area (Å²) in [7, 11) is 0. The number of benzene rings is 1. The predicted octanol–water partition coefficient (Wildman–Crippen LogP) is 0.0781. The Balaban J connectivity index is 2.89. The Labute approximate surface area is 70.3 Å². The molecule has 1 aromatic carbocycles. The molecule has 1 radical (unpaired) electrons. The average Bonchev–Trinajstić information content (AvgIpc) is 2.04. The third kappa shape index (κ3) is 1.73. The van der Waals surface area contributed by atoms with E-state index in [1.807, 2.05) is 0 Å². The van der Waals surface area contributed by atoms with E-state index in [0.29, 0.717) is 11.3 Å². The number of nitrogens with two attached hydrogens (primary N) is 2. The van der Waals surface area contributed by atoms with Crippen LogP contribution < -0.4 is 17.2 Å². The fourth-order valence-corrected chi connectivity index (χ4v) is 0.855. The molecule has 0 saturated heterocycles. The topological polar surface area (TPSA) is 92.9 Å². The van der Waals surface area contributed by atoms with E-state index >= 15 is 0 Å². The van der Waals surface area contributed by atoms with Gasteiger partial charge >= 0.3 is 0 Å². The lowest BCUT2D eigenvalue weighted by atomic mass is 10.1. The number of hydrogen-bond donors (Lipinski definition) is 2. The van der Waals surface area contributed by atoms with Gasteiger partial charge in [-0.2, -0.15) is 0 Å². The first-order valence-corrected chi connectivity index (χ1v) is 3.47. The molecule has 5 N–H and O–H groups in total. The van der Waals surface area contributed by atoms with Crippen LogP contribution in [-0.4, -0.2) is 5.91 Å². The summed E-state index contributed by atoms with van der Waals surface area (Å²) in [5, 5.41) is 0. The number of rotatable bonds is 2. The van der Waals surface area contributed by atoms with Crippen molar-refractivity contribution < 1.29 is 4.79 Å². The maximum absolute atomic E-state index is 10.5. The predicted molar refractivity (Wildman–Crippen MR) is 45.9 cm³/mol. The van der Waals surface area contributed by atoms with Crippen LogP contribution >= 0.6 is 0 Å². The molecule has 0 heterocycles. The molecule has 0 spiro atoms. The Kier molecular flexibility index (Phi) is 2.30. The van der Waals surface area contributed by atoms with Crippen LogP contribution in [0, 0.1) is 0 Å². The van der Waals surface area contributed by atoms with E-state index in [1.54, 1.807) is 24.3 Å². The zero-order chi connectivity index (χ0) is 9.14. The molecular formula is C8H10N3O. The average molecular weight is 164 g/mol. The van der Waals surface area contributed by atoms with Crippen molar-refractivity contribution in [2.75, 3.05) is 5.73 Å². The van der Waals surface area contributed by atoms with Crippen molar-refractivity contribution in [3.63, 3.8) is 0 Å². The van der Waals surface area contributed by atoms with Gasteiger partial charge in [0.25, 0.3) is 5.91 Å². The standard InChI is InChI=1S/C8H10N3O/c9-6-3-1-5(2-4-6)7(10)8(11)12/h1-4,7,11H,9-10H2. The second-order valence-corrected chi connectivity index (χ2v) is 2.51. The van der Waals surface area contributed by atoms with E-state index < -0.39 is 11.9 Å². The fourth-order valence-electron chi connectivity index (χ4n) is 0.855.